The van der Waals surface area contributed by atoms with Crippen molar-refractivity contribution in [2.75, 3.05) is 17.2 Å². The van der Waals surface area contributed by atoms with Gasteiger partial charge in [-0.15, -0.1) is 0 Å². The molecule has 0 saturated heterocycles. The van der Waals surface area contributed by atoms with Crippen molar-refractivity contribution in [2.45, 2.75) is 0 Å². The number of ether oxygens (including phenoxy) is 1. The van der Waals surface area contributed by atoms with Crippen molar-refractivity contribution in [1.29, 1.82) is 0 Å². The highest BCUT2D eigenvalue weighted by Gasteiger charge is 2.18. The van der Waals surface area contributed by atoms with Crippen LogP contribution in [0.25, 0.3) is 0 Å². The molecule has 0 atom stereocenters. The van der Waals surface area contributed by atoms with Crippen molar-refractivity contribution in [3.05, 3.63) is 53.6 Å². The highest BCUT2D eigenvalue weighted by Crippen LogP contribution is 2.29. The lowest BCUT2D eigenvalue weighted by atomic mass is 10.1. The fourth-order valence-corrected chi connectivity index (χ4v) is 2.00. The summed E-state index contributed by atoms with van der Waals surface area (Å²) >= 11 is 0. The number of hydrogen-bond acceptors (Lipinski definition) is 3. The molecule has 2 amide bonds. The van der Waals surface area contributed by atoms with Crippen molar-refractivity contribution in [2.24, 2.45) is 0 Å². The van der Waals surface area contributed by atoms with Gasteiger partial charge in [-0.3, -0.25) is 9.59 Å². The summed E-state index contributed by atoms with van der Waals surface area (Å²) in [6, 6.07) is 7.28. The maximum absolute atomic E-state index is 13.5. The molecule has 0 aromatic heterocycles. The van der Waals surface area contributed by atoms with Gasteiger partial charge in [0.15, 0.2) is 6.61 Å². The van der Waals surface area contributed by atoms with E-state index in [1.165, 1.54) is 18.2 Å². The maximum Gasteiger partial charge on any atom is 0.262 e. The zero-order valence-electron chi connectivity index (χ0n) is 11.2. The minimum absolute atomic E-state index is 0.127. The first kappa shape index (κ1) is 14.0. The van der Waals surface area contributed by atoms with E-state index < -0.39 is 17.5 Å². The second kappa shape index (κ2) is 5.44. The van der Waals surface area contributed by atoms with Crippen LogP contribution < -0.4 is 15.4 Å². The SMILES string of the molecule is O=C1COc2cc(C(=O)Nc3ccc(F)cc3F)ccc2N1. The van der Waals surface area contributed by atoms with Gasteiger partial charge >= 0.3 is 0 Å². The molecule has 0 unspecified atom stereocenters. The summed E-state index contributed by atoms with van der Waals surface area (Å²) in [7, 11) is 0. The maximum atomic E-state index is 13.5. The Morgan fingerprint density at radius 1 is 1.18 bits per heavy atom. The van der Waals surface area contributed by atoms with E-state index in [1.807, 2.05) is 0 Å². The molecule has 1 aliphatic rings. The van der Waals surface area contributed by atoms with Crippen molar-refractivity contribution in [1.82, 2.24) is 0 Å². The Morgan fingerprint density at radius 3 is 2.77 bits per heavy atom. The molecule has 1 aliphatic heterocycles. The lowest BCUT2D eigenvalue weighted by Crippen LogP contribution is -2.25. The summed E-state index contributed by atoms with van der Waals surface area (Å²) in [4.78, 5) is 23.2. The number of carbonyl (C=O) groups is 2. The van der Waals surface area contributed by atoms with Gasteiger partial charge in [-0.2, -0.15) is 0 Å². The normalized spacial score (nSPS) is 12.9. The number of anilines is 2. The van der Waals surface area contributed by atoms with Gasteiger partial charge in [-0.25, -0.2) is 8.78 Å². The van der Waals surface area contributed by atoms with Gasteiger partial charge in [0.25, 0.3) is 11.8 Å². The molecule has 112 valence electrons. The number of halogens is 2. The summed E-state index contributed by atoms with van der Waals surface area (Å²) in [5.74, 6) is -2.10. The molecule has 2 N–H and O–H groups in total. The van der Waals surface area contributed by atoms with Crippen LogP contribution in [0.15, 0.2) is 36.4 Å². The molecule has 2 aromatic rings. The van der Waals surface area contributed by atoms with E-state index in [9.17, 15) is 18.4 Å². The van der Waals surface area contributed by atoms with Crippen molar-refractivity contribution < 1.29 is 23.1 Å². The first-order valence-electron chi connectivity index (χ1n) is 6.36. The van der Waals surface area contributed by atoms with E-state index in [0.29, 0.717) is 17.5 Å². The Kier molecular flexibility index (Phi) is 3.46. The van der Waals surface area contributed by atoms with E-state index in [2.05, 4.69) is 10.6 Å². The van der Waals surface area contributed by atoms with Gasteiger partial charge in [0.1, 0.15) is 17.4 Å². The van der Waals surface area contributed by atoms with E-state index in [-0.39, 0.29) is 23.8 Å². The average Bonchev–Trinajstić information content (AvgIpc) is 2.49. The van der Waals surface area contributed by atoms with Crippen molar-refractivity contribution in [3.63, 3.8) is 0 Å². The molecular weight excluding hydrogens is 294 g/mol. The Balaban J connectivity index is 1.82. The molecule has 22 heavy (non-hydrogen) atoms. The molecule has 2 aromatic carbocycles. The molecule has 0 radical (unpaired) electrons. The summed E-state index contributed by atoms with van der Waals surface area (Å²) in [6.45, 7) is -0.134. The first-order chi connectivity index (χ1) is 10.5. The third-order valence-electron chi connectivity index (χ3n) is 3.06. The van der Waals surface area contributed by atoms with Crippen molar-refractivity contribution >= 4 is 23.2 Å². The summed E-state index contributed by atoms with van der Waals surface area (Å²) in [5, 5.41) is 4.94. The van der Waals surface area contributed by atoms with Crippen LogP contribution in [0.2, 0.25) is 0 Å². The van der Waals surface area contributed by atoms with Crippen LogP contribution in [0, 0.1) is 11.6 Å². The van der Waals surface area contributed by atoms with Gasteiger partial charge < -0.3 is 15.4 Å². The van der Waals surface area contributed by atoms with Crippen LogP contribution in [0.5, 0.6) is 5.75 Å². The van der Waals surface area contributed by atoms with Crippen LogP contribution >= 0.6 is 0 Å². The lowest BCUT2D eigenvalue weighted by Gasteiger charge is -2.18. The molecule has 0 bridgehead atoms. The van der Waals surface area contributed by atoms with Crippen molar-refractivity contribution in [3.8, 4) is 5.75 Å². The van der Waals surface area contributed by atoms with E-state index in [0.717, 1.165) is 12.1 Å². The van der Waals surface area contributed by atoms with Crippen LogP contribution in [-0.2, 0) is 4.79 Å². The Labute approximate surface area is 123 Å². The lowest BCUT2D eigenvalue weighted by molar-refractivity contribution is -0.118. The predicted octanol–water partition coefficient (Wildman–Crippen LogP) is 2.55. The molecule has 0 saturated carbocycles. The molecule has 3 rings (SSSR count). The monoisotopic (exact) mass is 304 g/mol. The highest BCUT2D eigenvalue weighted by atomic mass is 19.1. The molecule has 0 fully saturated rings. The Bertz CT molecular complexity index is 777. The number of fused-ring (bicyclic) bond motifs is 1. The van der Waals surface area contributed by atoms with Gasteiger partial charge in [0.05, 0.1) is 11.4 Å². The zero-order chi connectivity index (χ0) is 15.7. The summed E-state index contributed by atoms with van der Waals surface area (Å²) in [6.07, 6.45) is 0. The summed E-state index contributed by atoms with van der Waals surface area (Å²) < 4.78 is 31.5. The minimum atomic E-state index is -0.866. The minimum Gasteiger partial charge on any atom is -0.482 e. The molecular formula is C15H10F2N2O3. The quantitative estimate of drug-likeness (QED) is 0.896. The second-order valence-corrected chi connectivity index (χ2v) is 4.63. The van der Waals surface area contributed by atoms with E-state index in [1.54, 1.807) is 0 Å². The molecule has 1 heterocycles. The summed E-state index contributed by atoms with van der Waals surface area (Å²) in [5.41, 5.74) is 0.553. The number of nitrogens with one attached hydrogen (secondary N) is 2. The number of rotatable bonds is 2. The zero-order valence-corrected chi connectivity index (χ0v) is 11.2. The number of benzene rings is 2. The Hall–Kier alpha value is -2.96. The third-order valence-corrected chi connectivity index (χ3v) is 3.06. The van der Waals surface area contributed by atoms with Crippen LogP contribution in [0.4, 0.5) is 20.2 Å². The highest BCUT2D eigenvalue weighted by molar-refractivity contribution is 6.05. The molecule has 0 spiro atoms. The van der Waals surface area contributed by atoms with Crippen LogP contribution in [0.3, 0.4) is 0 Å². The van der Waals surface area contributed by atoms with E-state index >= 15 is 0 Å². The largest absolute Gasteiger partial charge is 0.482 e. The van der Waals surface area contributed by atoms with Gasteiger partial charge in [-0.1, -0.05) is 0 Å². The molecule has 0 aliphatic carbocycles. The average molecular weight is 304 g/mol. The topological polar surface area (TPSA) is 67.4 Å². The Morgan fingerprint density at radius 2 is 2.00 bits per heavy atom. The number of amides is 2. The smallest absolute Gasteiger partial charge is 0.262 e. The standard InChI is InChI=1S/C15H10F2N2O3/c16-9-2-4-11(10(17)6-9)19-15(21)8-1-3-12-13(5-8)22-7-14(20)18-12/h1-6H,7H2,(H,18,20)(H,19,21). The van der Waals surface area contributed by atoms with E-state index in [4.69, 9.17) is 4.74 Å². The van der Waals surface area contributed by atoms with Gasteiger partial charge in [0.2, 0.25) is 0 Å². The van der Waals surface area contributed by atoms with Crippen LogP contribution in [-0.4, -0.2) is 18.4 Å². The fourth-order valence-electron chi connectivity index (χ4n) is 2.00. The first-order valence-corrected chi connectivity index (χ1v) is 6.36. The second-order valence-electron chi connectivity index (χ2n) is 4.63. The predicted molar refractivity (Wildman–Crippen MR) is 74.9 cm³/mol. The fraction of sp³-hybridized carbons (Fsp3) is 0.0667. The molecule has 7 heteroatoms. The van der Waals surface area contributed by atoms with Gasteiger partial charge in [0, 0.05) is 11.6 Å². The van der Waals surface area contributed by atoms with Gasteiger partial charge in [-0.05, 0) is 30.3 Å². The number of hydrogen-bond donors (Lipinski definition) is 2. The molecule has 5 nitrogen and oxygen atoms in total. The number of carbonyl (C=O) groups excluding carboxylic acids is 2. The van der Waals surface area contributed by atoms with Crippen LogP contribution in [0.1, 0.15) is 10.4 Å². The third kappa shape index (κ3) is 2.73.